The Morgan fingerprint density at radius 1 is 1.20 bits per heavy atom. The van der Waals surface area contributed by atoms with Crippen LogP contribution in [0.5, 0.6) is 11.5 Å². The Balaban J connectivity index is 1.72. The Morgan fingerprint density at radius 3 is 2.43 bits per heavy atom. The third kappa shape index (κ3) is 4.64. The molecule has 0 fully saturated rings. The van der Waals surface area contributed by atoms with Crippen LogP contribution in [-0.4, -0.2) is 88.4 Å². The number of hydrogen-bond acceptors (Lipinski definition) is 10. The Hall–Kier alpha value is -4.26. The Labute approximate surface area is 253 Å². The Kier molecular flexibility index (Phi) is 8.04. The first-order chi connectivity index (χ1) is 20.8. The van der Waals surface area contributed by atoms with Crippen molar-refractivity contribution in [1.29, 1.82) is 0 Å². The van der Waals surface area contributed by atoms with E-state index in [-0.39, 0.29) is 36.3 Å². The van der Waals surface area contributed by atoms with Gasteiger partial charge in [-0.05, 0) is 74.7 Å². The number of nitrogens with two attached hydrogens (primary N) is 1. The number of methoxy groups -OCH3 is 1. The molecular formula is C32H36FN3O8. The van der Waals surface area contributed by atoms with Crippen LogP contribution in [0.1, 0.15) is 34.8 Å². The number of alkyl halides is 1. The molecule has 12 heteroatoms. The molecule has 7 N–H and O–H groups in total. The van der Waals surface area contributed by atoms with Gasteiger partial charge >= 0.3 is 0 Å². The van der Waals surface area contributed by atoms with E-state index in [4.69, 9.17) is 10.5 Å². The van der Waals surface area contributed by atoms with Crippen LogP contribution in [0, 0.1) is 11.8 Å². The number of fused-ring (bicyclic) bond motifs is 3. The zero-order valence-electron chi connectivity index (χ0n) is 24.8. The summed E-state index contributed by atoms with van der Waals surface area (Å²) in [5, 5.41) is 48.8. The van der Waals surface area contributed by atoms with Gasteiger partial charge in [-0.15, -0.1) is 0 Å². The van der Waals surface area contributed by atoms with E-state index < -0.39 is 70.8 Å². The number of aliphatic hydroxyl groups is 3. The number of halogens is 1. The fraction of sp³-hybridized carbons (Fsp3) is 0.406. The van der Waals surface area contributed by atoms with Gasteiger partial charge in [0, 0.05) is 29.6 Å². The number of primary amides is 1. The SMILES string of the molecule is COc1ccc(-c2cc(CNC(C)CF)c(O)c3c2C[C@H]2C[C@H]4[C@H](N(C)C)C(O)=C(C(N)=O)C(=O)[C@@]4(O)C(O)=C2C3=O)cc1. The third-order valence-corrected chi connectivity index (χ3v) is 9.07. The first kappa shape index (κ1) is 31.2. The minimum atomic E-state index is -2.73. The van der Waals surface area contributed by atoms with Gasteiger partial charge in [-0.25, -0.2) is 4.39 Å². The highest BCUT2D eigenvalue weighted by Gasteiger charge is 2.63. The molecule has 5 atom stereocenters. The molecule has 0 spiro atoms. The number of benzene rings is 2. The first-order valence-corrected chi connectivity index (χ1v) is 14.2. The first-order valence-electron chi connectivity index (χ1n) is 14.2. The van der Waals surface area contributed by atoms with Gasteiger partial charge in [-0.1, -0.05) is 12.1 Å². The lowest BCUT2D eigenvalue weighted by Crippen LogP contribution is -2.63. The molecular weight excluding hydrogens is 573 g/mol. The summed E-state index contributed by atoms with van der Waals surface area (Å²) in [6, 6.07) is 7.22. The zero-order chi connectivity index (χ0) is 32.2. The van der Waals surface area contributed by atoms with E-state index in [0.29, 0.717) is 28.0 Å². The molecule has 1 amide bonds. The molecule has 11 nitrogen and oxygen atoms in total. The second-order valence-electron chi connectivity index (χ2n) is 11.9. The number of rotatable bonds is 8. The van der Waals surface area contributed by atoms with Crippen LogP contribution in [0.25, 0.3) is 11.1 Å². The van der Waals surface area contributed by atoms with Crippen molar-refractivity contribution < 1.29 is 43.9 Å². The van der Waals surface area contributed by atoms with E-state index in [1.165, 1.54) is 12.0 Å². The molecule has 1 unspecified atom stereocenters. The van der Waals surface area contributed by atoms with Crippen LogP contribution in [0.4, 0.5) is 4.39 Å². The summed E-state index contributed by atoms with van der Waals surface area (Å²) in [5.74, 6) is -6.54. The molecule has 2 aromatic carbocycles. The Morgan fingerprint density at radius 2 is 1.86 bits per heavy atom. The quantitative estimate of drug-likeness (QED) is 0.243. The average molecular weight is 610 g/mol. The molecule has 0 aliphatic heterocycles. The third-order valence-electron chi connectivity index (χ3n) is 9.07. The number of phenols is 1. The summed E-state index contributed by atoms with van der Waals surface area (Å²) in [6.07, 6.45) is 0.115. The van der Waals surface area contributed by atoms with E-state index in [1.54, 1.807) is 51.4 Å². The topological polar surface area (TPSA) is 183 Å². The van der Waals surface area contributed by atoms with Crippen LogP contribution in [0.2, 0.25) is 0 Å². The van der Waals surface area contributed by atoms with Gasteiger partial charge in [0.2, 0.25) is 5.78 Å². The van der Waals surface area contributed by atoms with Gasteiger partial charge in [0.25, 0.3) is 5.91 Å². The predicted octanol–water partition coefficient (Wildman–Crippen LogP) is 2.24. The molecule has 3 aliphatic rings. The van der Waals surface area contributed by atoms with Crippen LogP contribution in [0.3, 0.4) is 0 Å². The smallest absolute Gasteiger partial charge is 0.255 e. The summed E-state index contributed by atoms with van der Waals surface area (Å²) < 4.78 is 18.5. The van der Waals surface area contributed by atoms with Gasteiger partial charge in [0.1, 0.15) is 35.3 Å². The number of carbonyl (C=O) groups is 3. The van der Waals surface area contributed by atoms with Crippen molar-refractivity contribution in [3.8, 4) is 22.6 Å². The van der Waals surface area contributed by atoms with Crippen LogP contribution in [0.15, 0.2) is 53.0 Å². The maximum atomic E-state index is 14.3. The van der Waals surface area contributed by atoms with Crippen molar-refractivity contribution in [1.82, 2.24) is 10.2 Å². The van der Waals surface area contributed by atoms with Gasteiger partial charge < -0.3 is 36.2 Å². The summed E-state index contributed by atoms with van der Waals surface area (Å²) in [6.45, 7) is 1.000. The molecule has 44 heavy (non-hydrogen) atoms. The van der Waals surface area contributed by atoms with Crippen molar-refractivity contribution >= 4 is 17.5 Å². The van der Waals surface area contributed by atoms with Crippen LogP contribution < -0.4 is 15.8 Å². The van der Waals surface area contributed by atoms with Crippen molar-refractivity contribution in [3.63, 3.8) is 0 Å². The Bertz CT molecular complexity index is 1620. The number of likely N-dealkylation sites (N-methyl/N-ethyl adjacent to an activating group) is 1. The maximum absolute atomic E-state index is 14.3. The summed E-state index contributed by atoms with van der Waals surface area (Å²) in [7, 11) is 4.69. The lowest BCUT2D eigenvalue weighted by Gasteiger charge is -2.50. The molecule has 5 rings (SSSR count). The fourth-order valence-electron chi connectivity index (χ4n) is 6.88. The summed E-state index contributed by atoms with van der Waals surface area (Å²) in [5.41, 5.74) is 3.60. The standard InChI is InChI=1S/C32H36FN3O8/c1-14(12-33)35-13-17-10-19(15-5-7-18(44-4)8-6-15)20-9-16-11-21-25(36(2)3)28(39)24(31(34)42)30(41)32(21,43)29(40)22(16)27(38)23(20)26(17)37/h5-8,10,14,16,21,25,35,37,39-40,43H,9,11-13H2,1-4H3,(H2,34,42)/t14?,16-,21-,25-,32-/m0/s1. The number of ether oxygens (including phenoxy) is 1. The molecule has 2 aromatic rings. The van der Waals surface area contributed by atoms with Crippen molar-refractivity contribution in [2.45, 2.75) is 44.0 Å². The zero-order valence-corrected chi connectivity index (χ0v) is 24.8. The van der Waals surface area contributed by atoms with Gasteiger partial charge in [-0.3, -0.25) is 19.3 Å². The number of phenolic OH excluding ortho intramolecular Hbond substituents is 1. The highest BCUT2D eigenvalue weighted by Crippen LogP contribution is 2.53. The largest absolute Gasteiger partial charge is 0.510 e. The van der Waals surface area contributed by atoms with Crippen molar-refractivity contribution in [3.05, 3.63) is 69.7 Å². The molecule has 0 aromatic heterocycles. The molecule has 3 aliphatic carbocycles. The van der Waals surface area contributed by atoms with Crippen molar-refractivity contribution in [2.75, 3.05) is 27.9 Å². The number of nitrogens with one attached hydrogen (secondary N) is 1. The van der Waals surface area contributed by atoms with Crippen LogP contribution >= 0.6 is 0 Å². The highest BCUT2D eigenvalue weighted by atomic mass is 19.1. The number of carbonyl (C=O) groups excluding carboxylic acids is 3. The molecule has 0 saturated carbocycles. The number of aromatic hydroxyl groups is 1. The molecule has 0 radical (unpaired) electrons. The van der Waals surface area contributed by atoms with E-state index in [0.717, 1.165) is 0 Å². The number of aliphatic hydroxyl groups excluding tert-OH is 2. The summed E-state index contributed by atoms with van der Waals surface area (Å²) >= 11 is 0. The second kappa shape index (κ2) is 11.3. The van der Waals surface area contributed by atoms with E-state index >= 15 is 0 Å². The van der Waals surface area contributed by atoms with Gasteiger partial charge in [-0.2, -0.15) is 0 Å². The minimum absolute atomic E-state index is 0.0219. The minimum Gasteiger partial charge on any atom is -0.510 e. The molecule has 234 valence electrons. The number of nitrogens with zero attached hydrogens (tertiary/aromatic N) is 1. The predicted molar refractivity (Wildman–Crippen MR) is 158 cm³/mol. The van der Waals surface area contributed by atoms with E-state index in [2.05, 4.69) is 5.32 Å². The van der Waals surface area contributed by atoms with Gasteiger partial charge in [0.15, 0.2) is 11.4 Å². The highest BCUT2D eigenvalue weighted by molar-refractivity contribution is 6.25. The normalized spacial score (nSPS) is 25.5. The lowest BCUT2D eigenvalue weighted by molar-refractivity contribution is -0.148. The summed E-state index contributed by atoms with van der Waals surface area (Å²) in [4.78, 5) is 41.5. The number of allylic oxidation sites excluding steroid dienone is 1. The van der Waals surface area contributed by atoms with Gasteiger partial charge in [0.05, 0.1) is 18.7 Å². The molecule has 0 saturated heterocycles. The fourth-order valence-corrected chi connectivity index (χ4v) is 6.88. The second-order valence-corrected chi connectivity index (χ2v) is 11.9. The number of ketones is 2. The average Bonchev–Trinajstić information content (AvgIpc) is 2.98. The van der Waals surface area contributed by atoms with E-state index in [9.17, 15) is 39.2 Å². The number of amides is 1. The molecule has 0 heterocycles. The van der Waals surface area contributed by atoms with Crippen LogP contribution in [-0.2, 0) is 22.6 Å². The maximum Gasteiger partial charge on any atom is 0.255 e. The number of hydrogen-bond donors (Lipinski definition) is 6. The number of Topliss-reactive ketones (excluding diaryl/α,β-unsaturated/α-hetero) is 2. The lowest BCUT2D eigenvalue weighted by atomic mass is 9.58. The van der Waals surface area contributed by atoms with E-state index in [1.807, 2.05) is 0 Å². The monoisotopic (exact) mass is 609 g/mol. The van der Waals surface area contributed by atoms with Crippen molar-refractivity contribution in [2.24, 2.45) is 17.6 Å². The molecule has 0 bridgehead atoms.